The molecule has 0 aromatic carbocycles. The first kappa shape index (κ1) is 14.1. The molecule has 1 saturated carbocycles. The van der Waals surface area contributed by atoms with Crippen molar-refractivity contribution < 1.29 is 9.52 Å². The summed E-state index contributed by atoms with van der Waals surface area (Å²) < 4.78 is 5.59. The Kier molecular flexibility index (Phi) is 3.89. The van der Waals surface area contributed by atoms with Crippen molar-refractivity contribution in [2.45, 2.75) is 56.7 Å². The molecule has 3 N–H and O–H groups in total. The molecule has 4 unspecified atom stereocenters. The standard InChI is InChI=1S/C16H26N2O2/c1-12(17)15(14-6-4-10-20-14)18-9-8-16(19)7-3-2-5-13(16)11-18/h4,6,10,12-13,15,19H,2-3,5,7-9,11,17H2,1H3. The molecular formula is C16H26N2O2. The van der Waals surface area contributed by atoms with E-state index in [-0.39, 0.29) is 12.1 Å². The van der Waals surface area contributed by atoms with Crippen LogP contribution >= 0.6 is 0 Å². The van der Waals surface area contributed by atoms with Gasteiger partial charge in [0.25, 0.3) is 0 Å². The molecule has 1 aliphatic carbocycles. The molecule has 2 aliphatic rings. The van der Waals surface area contributed by atoms with Gasteiger partial charge in [0.2, 0.25) is 0 Å². The topological polar surface area (TPSA) is 62.6 Å². The number of aliphatic hydroxyl groups is 1. The lowest BCUT2D eigenvalue weighted by atomic mass is 9.71. The molecule has 1 saturated heterocycles. The molecule has 2 heterocycles. The number of nitrogens with zero attached hydrogens (tertiary/aromatic N) is 1. The molecule has 112 valence electrons. The van der Waals surface area contributed by atoms with E-state index in [1.54, 1.807) is 6.26 Å². The molecule has 0 radical (unpaired) electrons. The molecule has 1 aliphatic heterocycles. The minimum absolute atomic E-state index is 0.0240. The third kappa shape index (κ3) is 2.52. The molecule has 0 bridgehead atoms. The second kappa shape index (κ2) is 5.51. The summed E-state index contributed by atoms with van der Waals surface area (Å²) in [6.45, 7) is 3.87. The smallest absolute Gasteiger partial charge is 0.122 e. The highest BCUT2D eigenvalue weighted by Gasteiger charge is 2.44. The highest BCUT2D eigenvalue weighted by Crippen LogP contribution is 2.42. The van der Waals surface area contributed by atoms with E-state index in [4.69, 9.17) is 10.2 Å². The van der Waals surface area contributed by atoms with Crippen LogP contribution in [0.4, 0.5) is 0 Å². The van der Waals surface area contributed by atoms with Crippen LogP contribution in [0.25, 0.3) is 0 Å². The fraction of sp³-hybridized carbons (Fsp3) is 0.750. The predicted molar refractivity (Wildman–Crippen MR) is 78.2 cm³/mol. The number of nitrogens with two attached hydrogens (primary N) is 1. The largest absolute Gasteiger partial charge is 0.468 e. The van der Waals surface area contributed by atoms with Gasteiger partial charge in [0.05, 0.1) is 17.9 Å². The van der Waals surface area contributed by atoms with Crippen molar-refractivity contribution >= 4 is 0 Å². The van der Waals surface area contributed by atoms with Crippen molar-refractivity contribution in [2.24, 2.45) is 11.7 Å². The summed E-state index contributed by atoms with van der Waals surface area (Å²) in [4.78, 5) is 2.41. The zero-order valence-corrected chi connectivity index (χ0v) is 12.3. The van der Waals surface area contributed by atoms with Crippen LogP contribution in [0.1, 0.15) is 50.8 Å². The number of likely N-dealkylation sites (tertiary alicyclic amines) is 1. The van der Waals surface area contributed by atoms with Gasteiger partial charge in [-0.15, -0.1) is 0 Å². The van der Waals surface area contributed by atoms with Crippen LogP contribution in [0.2, 0.25) is 0 Å². The molecule has 4 nitrogen and oxygen atoms in total. The number of hydrogen-bond donors (Lipinski definition) is 2. The quantitative estimate of drug-likeness (QED) is 0.890. The van der Waals surface area contributed by atoms with Crippen LogP contribution < -0.4 is 5.73 Å². The van der Waals surface area contributed by atoms with Crippen molar-refractivity contribution in [1.29, 1.82) is 0 Å². The first-order chi connectivity index (χ1) is 9.60. The van der Waals surface area contributed by atoms with Crippen molar-refractivity contribution in [3.05, 3.63) is 24.2 Å². The molecule has 4 atom stereocenters. The zero-order valence-electron chi connectivity index (χ0n) is 12.3. The first-order valence-electron chi connectivity index (χ1n) is 7.85. The van der Waals surface area contributed by atoms with Crippen LogP contribution in [-0.2, 0) is 0 Å². The number of rotatable bonds is 3. The maximum absolute atomic E-state index is 10.8. The van der Waals surface area contributed by atoms with Gasteiger partial charge in [0.1, 0.15) is 5.76 Å². The van der Waals surface area contributed by atoms with Crippen LogP contribution in [0.3, 0.4) is 0 Å². The van der Waals surface area contributed by atoms with E-state index in [1.165, 1.54) is 12.8 Å². The molecule has 3 rings (SSSR count). The summed E-state index contributed by atoms with van der Waals surface area (Å²) in [5.41, 5.74) is 5.77. The SMILES string of the molecule is CC(N)C(c1ccco1)N1CCC2(O)CCCCC2C1. The molecule has 1 aromatic rings. The van der Waals surface area contributed by atoms with Crippen LogP contribution in [0, 0.1) is 5.92 Å². The number of piperidine rings is 1. The Morgan fingerprint density at radius 1 is 1.45 bits per heavy atom. The summed E-state index contributed by atoms with van der Waals surface area (Å²) in [6.07, 6.45) is 7.09. The molecular weight excluding hydrogens is 252 g/mol. The van der Waals surface area contributed by atoms with E-state index in [0.717, 1.165) is 38.1 Å². The van der Waals surface area contributed by atoms with E-state index in [9.17, 15) is 5.11 Å². The fourth-order valence-electron chi connectivity index (χ4n) is 4.08. The van der Waals surface area contributed by atoms with Gasteiger partial charge >= 0.3 is 0 Å². The average molecular weight is 278 g/mol. The summed E-state index contributed by atoms with van der Waals surface area (Å²) in [6, 6.07) is 4.08. The summed E-state index contributed by atoms with van der Waals surface area (Å²) in [5, 5.41) is 10.8. The summed E-state index contributed by atoms with van der Waals surface area (Å²) in [7, 11) is 0. The maximum Gasteiger partial charge on any atom is 0.122 e. The third-order valence-electron chi connectivity index (χ3n) is 5.19. The highest BCUT2D eigenvalue weighted by atomic mass is 16.3. The minimum atomic E-state index is -0.430. The predicted octanol–water partition coefficient (Wildman–Crippen LogP) is 2.29. The van der Waals surface area contributed by atoms with Gasteiger partial charge in [-0.2, -0.15) is 0 Å². The normalized spacial score (nSPS) is 34.5. The van der Waals surface area contributed by atoms with E-state index >= 15 is 0 Å². The summed E-state index contributed by atoms with van der Waals surface area (Å²) in [5.74, 6) is 1.34. The maximum atomic E-state index is 10.8. The first-order valence-corrected chi connectivity index (χ1v) is 7.85. The van der Waals surface area contributed by atoms with E-state index < -0.39 is 5.60 Å². The Hall–Kier alpha value is -0.840. The lowest BCUT2D eigenvalue weighted by Crippen LogP contribution is -2.55. The van der Waals surface area contributed by atoms with E-state index in [1.807, 2.05) is 19.1 Å². The van der Waals surface area contributed by atoms with Gasteiger partial charge in [-0.1, -0.05) is 12.8 Å². The fourth-order valence-corrected chi connectivity index (χ4v) is 4.08. The van der Waals surface area contributed by atoms with Gasteiger partial charge in [0, 0.05) is 25.0 Å². The average Bonchev–Trinajstić information content (AvgIpc) is 2.92. The number of hydrogen-bond acceptors (Lipinski definition) is 4. The monoisotopic (exact) mass is 278 g/mol. The van der Waals surface area contributed by atoms with Gasteiger partial charge < -0.3 is 15.3 Å². The van der Waals surface area contributed by atoms with Gasteiger partial charge in [-0.25, -0.2) is 0 Å². The minimum Gasteiger partial charge on any atom is -0.468 e. The molecule has 0 spiro atoms. The molecule has 4 heteroatoms. The Morgan fingerprint density at radius 2 is 2.30 bits per heavy atom. The van der Waals surface area contributed by atoms with E-state index in [2.05, 4.69) is 4.90 Å². The molecule has 1 aromatic heterocycles. The van der Waals surface area contributed by atoms with Crippen molar-refractivity contribution in [3.63, 3.8) is 0 Å². The van der Waals surface area contributed by atoms with Crippen LogP contribution in [0.5, 0.6) is 0 Å². The van der Waals surface area contributed by atoms with Crippen molar-refractivity contribution in [2.75, 3.05) is 13.1 Å². The van der Waals surface area contributed by atoms with Gasteiger partial charge in [-0.3, -0.25) is 4.90 Å². The van der Waals surface area contributed by atoms with Crippen molar-refractivity contribution in [1.82, 2.24) is 4.90 Å². The molecule has 20 heavy (non-hydrogen) atoms. The Bertz CT molecular complexity index is 432. The molecule has 2 fully saturated rings. The second-order valence-corrected chi connectivity index (χ2v) is 6.61. The van der Waals surface area contributed by atoms with Gasteiger partial charge in [0.15, 0.2) is 0 Å². The molecule has 0 amide bonds. The Morgan fingerprint density at radius 3 is 3.00 bits per heavy atom. The second-order valence-electron chi connectivity index (χ2n) is 6.61. The number of fused-ring (bicyclic) bond motifs is 1. The lowest BCUT2D eigenvalue weighted by Gasteiger charge is -2.49. The highest BCUT2D eigenvalue weighted by molar-refractivity contribution is 5.09. The van der Waals surface area contributed by atoms with Crippen LogP contribution in [-0.4, -0.2) is 34.7 Å². The van der Waals surface area contributed by atoms with Gasteiger partial charge in [-0.05, 0) is 38.3 Å². The van der Waals surface area contributed by atoms with E-state index in [0.29, 0.717) is 5.92 Å². The Labute approximate surface area is 120 Å². The lowest BCUT2D eigenvalue weighted by molar-refractivity contribution is -0.105. The summed E-state index contributed by atoms with van der Waals surface area (Å²) >= 11 is 0. The zero-order chi connectivity index (χ0) is 14.2. The number of furan rings is 1. The third-order valence-corrected chi connectivity index (χ3v) is 5.19. The Balaban J connectivity index is 1.77. The van der Waals surface area contributed by atoms with Crippen LogP contribution in [0.15, 0.2) is 22.8 Å². The van der Waals surface area contributed by atoms with Crippen molar-refractivity contribution in [3.8, 4) is 0 Å².